The average Bonchev–Trinajstić information content (AvgIpc) is 2.51. The minimum absolute atomic E-state index is 0.698. The van der Waals surface area contributed by atoms with Crippen LogP contribution in [0.1, 0.15) is 19.3 Å². The first-order valence-electron chi connectivity index (χ1n) is 6.61. The van der Waals surface area contributed by atoms with Crippen molar-refractivity contribution in [2.24, 2.45) is 0 Å². The fourth-order valence-electron chi connectivity index (χ4n) is 1.79. The molecule has 20 heavy (non-hydrogen) atoms. The summed E-state index contributed by atoms with van der Waals surface area (Å²) in [5, 5.41) is 8.78. The zero-order valence-electron chi connectivity index (χ0n) is 12.1. The molecular weight excluding hydrogens is 275 g/mol. The Kier molecular flexibility index (Phi) is 8.75. The van der Waals surface area contributed by atoms with Crippen LogP contribution in [0.15, 0.2) is 0 Å². The molecule has 8 heteroatoms. The molecule has 1 aliphatic rings. The molecule has 1 atom stereocenters. The number of likely N-dealkylation sites (N-methyl/N-ethyl adjacent to an activating group) is 1. The zero-order chi connectivity index (χ0) is 15.8. The van der Waals surface area contributed by atoms with Crippen molar-refractivity contribution in [3.63, 3.8) is 0 Å². The molecule has 0 aliphatic carbocycles. The van der Waals surface area contributed by atoms with Gasteiger partial charge in [0.05, 0.1) is 6.04 Å². The maximum absolute atomic E-state index is 10.5. The van der Waals surface area contributed by atoms with Gasteiger partial charge in [0.1, 0.15) is 5.97 Å². The molecule has 0 aromatic rings. The Morgan fingerprint density at radius 1 is 1.35 bits per heavy atom. The highest BCUT2D eigenvalue weighted by Crippen LogP contribution is 2.11. The Bertz CT molecular complexity index is 286. The van der Waals surface area contributed by atoms with Gasteiger partial charge in [-0.2, -0.15) is 13.2 Å². The summed E-state index contributed by atoms with van der Waals surface area (Å²) >= 11 is 0. The van der Waals surface area contributed by atoms with Crippen LogP contribution in [-0.4, -0.2) is 68.3 Å². The van der Waals surface area contributed by atoms with Crippen LogP contribution in [0.2, 0.25) is 0 Å². The number of halogens is 3. The average molecular weight is 299 g/mol. The predicted molar refractivity (Wildman–Crippen MR) is 66.6 cm³/mol. The summed E-state index contributed by atoms with van der Waals surface area (Å²) < 4.78 is 31.5. The van der Waals surface area contributed by atoms with E-state index in [1.165, 1.54) is 45.4 Å². The number of carbonyl (C=O) groups excluding carboxylic acids is 1. The molecule has 1 heterocycles. The van der Waals surface area contributed by atoms with Crippen molar-refractivity contribution < 1.29 is 28.8 Å². The summed E-state index contributed by atoms with van der Waals surface area (Å²) in [4.78, 5) is 13.6. The third-order valence-corrected chi connectivity index (χ3v) is 3.04. The van der Waals surface area contributed by atoms with Crippen molar-refractivity contribution in [2.45, 2.75) is 31.5 Å². The summed E-state index contributed by atoms with van der Waals surface area (Å²) in [5.74, 6) is -3.01. The van der Waals surface area contributed by atoms with E-state index in [9.17, 15) is 13.2 Å². The van der Waals surface area contributed by atoms with Crippen molar-refractivity contribution in [1.82, 2.24) is 9.80 Å². The second-order valence-electron chi connectivity index (χ2n) is 5.23. The lowest BCUT2D eigenvalue weighted by Gasteiger charge is -2.21. The highest BCUT2D eigenvalue weighted by atomic mass is 19.4. The molecule has 1 rings (SSSR count). The first-order chi connectivity index (χ1) is 9.12. The highest BCUT2D eigenvalue weighted by Gasteiger charge is 2.28. The number of hydrogen-bond donors (Lipinski definition) is 1. The van der Waals surface area contributed by atoms with Gasteiger partial charge in [0.15, 0.2) is 0 Å². The van der Waals surface area contributed by atoms with Crippen LogP contribution in [0.3, 0.4) is 0 Å². The number of likely N-dealkylation sites (tertiary alicyclic amines) is 1. The summed E-state index contributed by atoms with van der Waals surface area (Å²) in [5.41, 5.74) is 4.15. The van der Waals surface area contributed by atoms with E-state index in [1.54, 1.807) is 0 Å². The largest absolute Gasteiger partial charge is 0.542 e. The quantitative estimate of drug-likeness (QED) is 0.721. The molecule has 0 saturated carbocycles. The van der Waals surface area contributed by atoms with Crippen LogP contribution in [-0.2, 0) is 4.79 Å². The number of carboxylic acid groups (broad SMARTS) is 1. The first-order valence-corrected chi connectivity index (χ1v) is 6.61. The molecule has 0 radical (unpaired) electrons. The minimum Gasteiger partial charge on any atom is -0.542 e. The van der Waals surface area contributed by atoms with Gasteiger partial charge < -0.3 is 25.4 Å². The summed E-state index contributed by atoms with van der Waals surface area (Å²) in [6.07, 6.45) is -1.26. The summed E-state index contributed by atoms with van der Waals surface area (Å²) in [6, 6.07) is 0.698. The molecule has 1 aliphatic heterocycles. The Morgan fingerprint density at radius 3 is 2.35 bits per heavy atom. The summed E-state index contributed by atoms with van der Waals surface area (Å²) in [7, 11) is 4.28. The third kappa shape index (κ3) is 9.99. The smallest absolute Gasteiger partial charge is 0.430 e. The van der Waals surface area contributed by atoms with Crippen LogP contribution < -0.4 is 10.8 Å². The van der Waals surface area contributed by atoms with Gasteiger partial charge in [-0.3, -0.25) is 0 Å². The molecule has 0 unspecified atom stereocenters. The molecule has 0 spiro atoms. The van der Waals surface area contributed by atoms with Gasteiger partial charge in [-0.05, 0) is 27.1 Å². The Balaban J connectivity index is 0.000000441. The van der Waals surface area contributed by atoms with Gasteiger partial charge in [-0.25, -0.2) is 0 Å². The first kappa shape index (κ1) is 19.1. The molecule has 0 amide bonds. The number of quaternary nitrogens is 1. The van der Waals surface area contributed by atoms with Gasteiger partial charge in [-0.1, -0.05) is 0 Å². The second-order valence-corrected chi connectivity index (χ2v) is 5.23. The maximum atomic E-state index is 10.5. The van der Waals surface area contributed by atoms with E-state index < -0.39 is 12.1 Å². The number of rotatable bonds is 3. The lowest BCUT2D eigenvalue weighted by molar-refractivity contribution is -0.421. The molecule has 0 aromatic heterocycles. The molecule has 1 fully saturated rings. The number of nitrogens with zero attached hydrogens (tertiary/aromatic N) is 2. The number of aliphatic carboxylic acids is 1. The van der Waals surface area contributed by atoms with Crippen molar-refractivity contribution in [1.29, 1.82) is 0 Å². The van der Waals surface area contributed by atoms with Crippen LogP contribution in [0, 0.1) is 0 Å². The molecule has 120 valence electrons. The van der Waals surface area contributed by atoms with E-state index >= 15 is 0 Å². The third-order valence-electron chi connectivity index (χ3n) is 3.04. The van der Waals surface area contributed by atoms with Gasteiger partial charge in [0, 0.05) is 32.5 Å². The summed E-state index contributed by atoms with van der Waals surface area (Å²) in [6.45, 7) is 4.93. The fraction of sp³-hybridized carbons (Fsp3) is 0.917. The Hall–Kier alpha value is -0.860. The van der Waals surface area contributed by atoms with Crippen LogP contribution in [0.25, 0.3) is 0 Å². The van der Waals surface area contributed by atoms with Crippen LogP contribution in [0.5, 0.6) is 0 Å². The van der Waals surface area contributed by atoms with E-state index in [-0.39, 0.29) is 0 Å². The molecule has 3 N–H and O–H groups in total. The number of hydrogen-bond acceptors (Lipinski definition) is 4. The number of alkyl halides is 3. The van der Waals surface area contributed by atoms with E-state index in [1.807, 2.05) is 0 Å². The lowest BCUT2D eigenvalue weighted by atomic mass is 10.1. The molecule has 5 nitrogen and oxygen atoms in total. The number of carboxylic acids is 1. The highest BCUT2D eigenvalue weighted by molar-refractivity contribution is 5.70. The Morgan fingerprint density at radius 2 is 1.90 bits per heavy atom. The van der Waals surface area contributed by atoms with Crippen LogP contribution in [0.4, 0.5) is 13.2 Å². The molecule has 0 aromatic carbocycles. The van der Waals surface area contributed by atoms with Crippen molar-refractivity contribution >= 4 is 5.97 Å². The van der Waals surface area contributed by atoms with Gasteiger partial charge in [0.25, 0.3) is 0 Å². The second kappa shape index (κ2) is 9.15. The van der Waals surface area contributed by atoms with Crippen LogP contribution >= 0.6 is 0 Å². The van der Waals surface area contributed by atoms with Gasteiger partial charge >= 0.3 is 6.18 Å². The zero-order valence-corrected chi connectivity index (χ0v) is 12.1. The van der Waals surface area contributed by atoms with Gasteiger partial charge in [0.2, 0.25) is 0 Å². The standard InChI is InChI=1S/C10H23N3.C2HF3O2/c1-12(2)8-9-13-6-3-4-10(11)5-7-13;3-2(4,5)1(6)7/h10H,3-9,11H2,1-2H3;(H,6,7)/t10-;/m0./s1. The number of carbonyl (C=O) groups is 1. The van der Waals surface area contributed by atoms with Crippen molar-refractivity contribution in [3.8, 4) is 0 Å². The fourth-order valence-corrected chi connectivity index (χ4v) is 1.79. The van der Waals surface area contributed by atoms with Crippen molar-refractivity contribution in [2.75, 3.05) is 40.3 Å². The Labute approximate surface area is 117 Å². The predicted octanol–water partition coefficient (Wildman–Crippen LogP) is -1.06. The lowest BCUT2D eigenvalue weighted by Crippen LogP contribution is -2.60. The maximum Gasteiger partial charge on any atom is 0.430 e. The molecule has 0 bridgehead atoms. The van der Waals surface area contributed by atoms with E-state index in [4.69, 9.17) is 9.90 Å². The SMILES string of the molecule is CN(C)CCN1CCC[C@H]([NH3+])CC1.O=C([O-])C(F)(F)F. The topological polar surface area (TPSA) is 74.2 Å². The normalized spacial score (nSPS) is 21.1. The molecule has 1 saturated heterocycles. The van der Waals surface area contributed by atoms with E-state index in [0.29, 0.717) is 6.04 Å². The van der Waals surface area contributed by atoms with E-state index in [0.717, 1.165) is 0 Å². The minimum atomic E-state index is -5.19. The monoisotopic (exact) mass is 299 g/mol. The van der Waals surface area contributed by atoms with E-state index in [2.05, 4.69) is 29.6 Å². The molecular formula is C12H24F3N3O2. The van der Waals surface area contributed by atoms with Crippen molar-refractivity contribution in [3.05, 3.63) is 0 Å². The van der Waals surface area contributed by atoms with Gasteiger partial charge in [-0.15, -0.1) is 0 Å².